The van der Waals surface area contributed by atoms with Gasteiger partial charge >= 0.3 is 0 Å². The Balaban J connectivity index is 0.000000139. The van der Waals surface area contributed by atoms with E-state index >= 15 is 0 Å². The van der Waals surface area contributed by atoms with Crippen molar-refractivity contribution in [1.29, 1.82) is 0 Å². The first-order chi connectivity index (χ1) is 18.9. The molecule has 3 unspecified atom stereocenters. The van der Waals surface area contributed by atoms with Crippen molar-refractivity contribution >= 4 is 0 Å². The van der Waals surface area contributed by atoms with Crippen molar-refractivity contribution in [1.82, 2.24) is 0 Å². The summed E-state index contributed by atoms with van der Waals surface area (Å²) in [5.74, 6) is 2.65. The van der Waals surface area contributed by atoms with Crippen LogP contribution in [0, 0.1) is 66.2 Å². The van der Waals surface area contributed by atoms with E-state index in [1.165, 1.54) is 85.6 Å². The highest BCUT2D eigenvalue weighted by molar-refractivity contribution is 5.46. The van der Waals surface area contributed by atoms with Gasteiger partial charge in [0.2, 0.25) is 0 Å². The maximum atomic E-state index is 2.41. The fourth-order valence-corrected chi connectivity index (χ4v) is 7.22. The number of hydrogen-bond acceptors (Lipinski definition) is 0. The van der Waals surface area contributed by atoms with E-state index in [9.17, 15) is 0 Å². The topological polar surface area (TPSA) is 0 Å². The third kappa shape index (κ3) is 7.10. The molecule has 0 saturated heterocycles. The van der Waals surface area contributed by atoms with E-state index in [1.807, 2.05) is 0 Å². The predicted octanol–water partition coefficient (Wildman–Crippen LogP) is 10.6. The summed E-state index contributed by atoms with van der Waals surface area (Å²) < 4.78 is 0. The van der Waals surface area contributed by atoms with Crippen LogP contribution in [0.3, 0.4) is 0 Å². The number of hydrogen-bond donors (Lipinski definition) is 0. The van der Waals surface area contributed by atoms with Gasteiger partial charge in [-0.25, -0.2) is 0 Å². The molecule has 3 aromatic rings. The summed E-state index contributed by atoms with van der Waals surface area (Å²) in [6, 6.07) is 11.7. The molecule has 0 saturated carbocycles. The van der Waals surface area contributed by atoms with E-state index in [-0.39, 0.29) is 0 Å². The minimum atomic E-state index is 0.878. The summed E-state index contributed by atoms with van der Waals surface area (Å²) in [6.07, 6.45) is 11.9. The molecule has 0 bridgehead atoms. The molecule has 0 amide bonds. The highest BCUT2D eigenvalue weighted by atomic mass is 14.2. The van der Waals surface area contributed by atoms with E-state index < -0.39 is 0 Å². The summed E-state index contributed by atoms with van der Waals surface area (Å²) in [5, 5.41) is 0. The van der Waals surface area contributed by atoms with Crippen LogP contribution in [0.25, 0.3) is 0 Å². The zero-order valence-electron chi connectivity index (χ0n) is 27.5. The van der Waals surface area contributed by atoms with E-state index in [0.29, 0.717) is 0 Å². The molecule has 0 heterocycles. The van der Waals surface area contributed by atoms with E-state index in [0.717, 1.165) is 17.8 Å². The molecule has 0 nitrogen and oxygen atoms in total. The Hall–Kier alpha value is -2.34. The van der Waals surface area contributed by atoms with Crippen molar-refractivity contribution in [3.05, 3.63) is 103 Å². The van der Waals surface area contributed by atoms with E-state index in [2.05, 4.69) is 99.6 Å². The molecule has 0 aliphatic heterocycles. The molecule has 3 atom stereocenters. The average Bonchev–Trinajstić information content (AvgIpc) is 2.92. The van der Waals surface area contributed by atoms with Gasteiger partial charge in [0, 0.05) is 0 Å². The third-order valence-electron chi connectivity index (χ3n) is 10.5. The number of fused-ring (bicyclic) bond motifs is 3. The normalized spacial score (nSPS) is 21.1. The van der Waals surface area contributed by atoms with Crippen LogP contribution < -0.4 is 0 Å². The number of aryl methyl sites for hydroxylation is 6. The monoisotopic (exact) mass is 536 g/mol. The lowest BCUT2D eigenvalue weighted by atomic mass is 9.80. The van der Waals surface area contributed by atoms with Gasteiger partial charge in [0.1, 0.15) is 0 Å². The quantitative estimate of drug-likeness (QED) is 0.268. The van der Waals surface area contributed by atoms with Gasteiger partial charge in [-0.1, -0.05) is 56.7 Å². The summed E-state index contributed by atoms with van der Waals surface area (Å²) in [4.78, 5) is 0. The van der Waals surface area contributed by atoms with E-state index in [4.69, 9.17) is 0 Å². The van der Waals surface area contributed by atoms with Crippen LogP contribution in [0.15, 0.2) is 30.3 Å². The Labute approximate surface area is 247 Å². The molecule has 0 radical (unpaired) electrons. The first-order valence-corrected chi connectivity index (χ1v) is 16.2. The Morgan fingerprint density at radius 1 is 0.450 bits per heavy atom. The highest BCUT2D eigenvalue weighted by Gasteiger charge is 2.19. The fourth-order valence-electron chi connectivity index (χ4n) is 7.22. The zero-order chi connectivity index (χ0) is 29.1. The third-order valence-corrected chi connectivity index (χ3v) is 10.5. The van der Waals surface area contributed by atoms with Crippen LogP contribution in [0.5, 0.6) is 0 Å². The molecule has 216 valence electrons. The number of benzene rings is 3. The summed E-state index contributed by atoms with van der Waals surface area (Å²) in [6.45, 7) is 22.8. The second kappa shape index (κ2) is 13.1. The lowest BCUT2D eigenvalue weighted by Gasteiger charge is -2.25. The fraction of sp³-hybridized carbons (Fsp3) is 0.550. The Kier molecular flexibility index (Phi) is 10.0. The van der Waals surface area contributed by atoms with Crippen LogP contribution in [-0.2, 0) is 38.5 Å². The molecule has 3 aliphatic rings. The van der Waals surface area contributed by atoms with Crippen LogP contribution in [0.4, 0.5) is 0 Å². The molecule has 0 heteroatoms. The first kappa shape index (κ1) is 30.6. The van der Waals surface area contributed by atoms with Crippen LogP contribution in [0.2, 0.25) is 0 Å². The molecule has 0 spiro atoms. The molecule has 0 aromatic heterocycles. The van der Waals surface area contributed by atoms with Gasteiger partial charge in [0.25, 0.3) is 0 Å². The van der Waals surface area contributed by atoms with E-state index in [1.54, 1.807) is 44.5 Å². The summed E-state index contributed by atoms with van der Waals surface area (Å²) in [7, 11) is 0. The molecule has 0 fully saturated rings. The van der Waals surface area contributed by atoms with Crippen molar-refractivity contribution in [2.75, 3.05) is 0 Å². The van der Waals surface area contributed by atoms with Gasteiger partial charge in [-0.05, 0) is 191 Å². The van der Waals surface area contributed by atoms with Crippen molar-refractivity contribution in [2.24, 2.45) is 17.8 Å². The lowest BCUT2D eigenvalue weighted by Crippen LogP contribution is -2.14. The van der Waals surface area contributed by atoms with Gasteiger partial charge in [-0.3, -0.25) is 0 Å². The summed E-state index contributed by atoms with van der Waals surface area (Å²) in [5.41, 5.74) is 20.1. The van der Waals surface area contributed by atoms with Crippen molar-refractivity contribution < 1.29 is 0 Å². The average molecular weight is 537 g/mol. The highest BCUT2D eigenvalue weighted by Crippen LogP contribution is 2.32. The van der Waals surface area contributed by atoms with Crippen molar-refractivity contribution in [3.8, 4) is 0 Å². The molecule has 40 heavy (non-hydrogen) atoms. The van der Waals surface area contributed by atoms with Crippen LogP contribution in [0.1, 0.15) is 112 Å². The second-order valence-electron chi connectivity index (χ2n) is 14.0. The van der Waals surface area contributed by atoms with Gasteiger partial charge in [-0.15, -0.1) is 0 Å². The maximum absolute atomic E-state index is 2.41. The SMILES string of the molecule is Cc1cc2c(c(C)c1C)CC(C)CC2.Cc1cc2c(c(C)c1C)CC(C)CC2.Cc1ccc2c(c1)CCC(C)C2. The predicted molar refractivity (Wildman–Crippen MR) is 176 cm³/mol. The number of rotatable bonds is 0. The molecule has 3 aliphatic carbocycles. The molecule has 6 rings (SSSR count). The molecule has 3 aromatic carbocycles. The minimum Gasteiger partial charge on any atom is -0.0622 e. The first-order valence-electron chi connectivity index (χ1n) is 16.2. The van der Waals surface area contributed by atoms with Gasteiger partial charge < -0.3 is 0 Å². The Morgan fingerprint density at radius 3 is 1.35 bits per heavy atom. The van der Waals surface area contributed by atoms with Gasteiger partial charge in [-0.2, -0.15) is 0 Å². The van der Waals surface area contributed by atoms with Crippen LogP contribution >= 0.6 is 0 Å². The maximum Gasteiger partial charge on any atom is -0.0247 e. The Bertz CT molecular complexity index is 1260. The van der Waals surface area contributed by atoms with Crippen molar-refractivity contribution in [3.63, 3.8) is 0 Å². The second-order valence-corrected chi connectivity index (χ2v) is 14.0. The largest absolute Gasteiger partial charge is 0.0622 e. The van der Waals surface area contributed by atoms with Crippen LogP contribution in [-0.4, -0.2) is 0 Å². The minimum absolute atomic E-state index is 0.878. The standard InChI is InChI=1S/2C14H20.C12H16/c2*1-9-5-6-13-8-10(2)11(3)12(4)14(13)7-9;1-9-3-5-12-8-10(2)4-6-11(12)7-9/h2*8-9H,5-7H2,1-4H3;3,5,7,10H,4,6,8H2,1-2H3. The lowest BCUT2D eigenvalue weighted by molar-refractivity contribution is 0.499. The molecular weight excluding hydrogens is 480 g/mol. The van der Waals surface area contributed by atoms with Gasteiger partial charge in [0.05, 0.1) is 0 Å². The Morgan fingerprint density at radius 2 is 0.875 bits per heavy atom. The van der Waals surface area contributed by atoms with Gasteiger partial charge in [0.15, 0.2) is 0 Å². The smallest absolute Gasteiger partial charge is 0.0247 e. The van der Waals surface area contributed by atoms with Crippen molar-refractivity contribution in [2.45, 2.75) is 127 Å². The summed E-state index contributed by atoms with van der Waals surface area (Å²) >= 11 is 0. The zero-order valence-corrected chi connectivity index (χ0v) is 27.5. The molecular formula is C40H56. The molecule has 0 N–H and O–H groups in total.